The minimum absolute atomic E-state index is 0.175. The molecule has 1 N–H and O–H groups in total. The normalized spacial score (nSPS) is 11.8. The van der Waals surface area contributed by atoms with E-state index in [2.05, 4.69) is 4.98 Å². The van der Waals surface area contributed by atoms with Gasteiger partial charge in [0.2, 0.25) is 0 Å². The van der Waals surface area contributed by atoms with Crippen LogP contribution in [-0.4, -0.2) is 14.7 Å². The zero-order chi connectivity index (χ0) is 13.3. The van der Waals surface area contributed by atoms with Crippen molar-refractivity contribution in [3.63, 3.8) is 0 Å². The second-order valence-corrected chi connectivity index (χ2v) is 3.93. The lowest BCUT2D eigenvalue weighted by molar-refractivity contribution is -0.138. The van der Waals surface area contributed by atoms with Gasteiger partial charge in [-0.15, -0.1) is 0 Å². The van der Waals surface area contributed by atoms with Gasteiger partial charge in [0.05, 0.1) is 24.2 Å². The number of imidazole rings is 1. The van der Waals surface area contributed by atoms with Crippen molar-refractivity contribution in [3.8, 4) is 5.69 Å². The molecule has 6 heteroatoms. The summed E-state index contributed by atoms with van der Waals surface area (Å²) in [6, 6.07) is 4.06. The van der Waals surface area contributed by atoms with Gasteiger partial charge in [-0.25, -0.2) is 4.98 Å². The van der Waals surface area contributed by atoms with Crippen molar-refractivity contribution in [1.82, 2.24) is 9.55 Å². The number of aromatic nitrogens is 2. The van der Waals surface area contributed by atoms with Gasteiger partial charge in [-0.3, -0.25) is 0 Å². The van der Waals surface area contributed by atoms with Crippen LogP contribution in [0.1, 0.15) is 16.8 Å². The molecule has 96 valence electrons. The van der Waals surface area contributed by atoms with Crippen LogP contribution in [0.15, 0.2) is 30.7 Å². The molecule has 0 amide bonds. The molecule has 18 heavy (non-hydrogen) atoms. The molecule has 0 unspecified atom stereocenters. The Morgan fingerprint density at radius 2 is 2.06 bits per heavy atom. The van der Waals surface area contributed by atoms with Crippen molar-refractivity contribution in [2.24, 2.45) is 0 Å². The zero-order valence-electron chi connectivity index (χ0n) is 9.57. The number of rotatable bonds is 2. The number of aryl methyl sites for hydroxylation is 1. The minimum atomic E-state index is -4.37. The Hall–Kier alpha value is -1.82. The quantitative estimate of drug-likeness (QED) is 0.897. The molecule has 2 rings (SSSR count). The zero-order valence-corrected chi connectivity index (χ0v) is 9.57. The fourth-order valence-corrected chi connectivity index (χ4v) is 1.66. The first-order valence-corrected chi connectivity index (χ1v) is 5.24. The van der Waals surface area contributed by atoms with Crippen molar-refractivity contribution in [2.75, 3.05) is 0 Å². The molecule has 0 aliphatic heterocycles. The number of hydrogen-bond acceptors (Lipinski definition) is 2. The van der Waals surface area contributed by atoms with Gasteiger partial charge >= 0.3 is 6.18 Å². The van der Waals surface area contributed by atoms with E-state index < -0.39 is 11.7 Å². The van der Waals surface area contributed by atoms with Crippen molar-refractivity contribution in [3.05, 3.63) is 47.5 Å². The molecule has 0 aliphatic carbocycles. The Bertz CT molecular complexity index is 561. The molecule has 2 aromatic rings. The third-order valence-electron chi connectivity index (χ3n) is 2.62. The number of alkyl halides is 3. The second-order valence-electron chi connectivity index (χ2n) is 3.93. The van der Waals surface area contributed by atoms with E-state index in [4.69, 9.17) is 5.11 Å². The van der Waals surface area contributed by atoms with Crippen molar-refractivity contribution in [1.29, 1.82) is 0 Å². The highest BCUT2D eigenvalue weighted by Crippen LogP contribution is 2.33. The van der Waals surface area contributed by atoms with Crippen LogP contribution in [-0.2, 0) is 12.8 Å². The summed E-state index contributed by atoms with van der Waals surface area (Å²) in [6.45, 7) is 1.17. The van der Waals surface area contributed by atoms with Gasteiger partial charge < -0.3 is 9.67 Å². The van der Waals surface area contributed by atoms with Gasteiger partial charge in [0.15, 0.2) is 0 Å². The molecular weight excluding hydrogens is 245 g/mol. The molecule has 0 aliphatic rings. The summed E-state index contributed by atoms with van der Waals surface area (Å²) in [5.41, 5.74) is 0.275. The fourth-order valence-electron chi connectivity index (χ4n) is 1.66. The minimum Gasteiger partial charge on any atom is -0.390 e. The molecule has 1 heterocycles. The number of nitrogens with zero attached hydrogens (tertiary/aromatic N) is 2. The predicted molar refractivity (Wildman–Crippen MR) is 59.2 cm³/mol. The standard InChI is InChI=1S/C12H11F3N2O/c1-8-2-3-10(4-11(8)12(13,14)15)17-5-9(6-18)16-7-17/h2-5,7,18H,6H2,1H3. The van der Waals surface area contributed by atoms with Crippen molar-refractivity contribution < 1.29 is 18.3 Å². The highest BCUT2D eigenvalue weighted by molar-refractivity contribution is 5.41. The van der Waals surface area contributed by atoms with Crippen LogP contribution in [0.4, 0.5) is 13.2 Å². The number of halogens is 3. The number of benzene rings is 1. The molecule has 0 spiro atoms. The largest absolute Gasteiger partial charge is 0.416 e. The third kappa shape index (κ3) is 2.38. The molecule has 0 radical (unpaired) electrons. The Morgan fingerprint density at radius 3 is 2.61 bits per heavy atom. The first-order chi connectivity index (χ1) is 8.41. The van der Waals surface area contributed by atoms with Crippen LogP contribution >= 0.6 is 0 Å². The van der Waals surface area contributed by atoms with Crippen LogP contribution in [0.25, 0.3) is 5.69 Å². The maximum absolute atomic E-state index is 12.8. The first kappa shape index (κ1) is 12.6. The van der Waals surface area contributed by atoms with E-state index in [1.165, 1.54) is 30.1 Å². The number of hydrogen-bond donors (Lipinski definition) is 1. The average Bonchev–Trinajstić information content (AvgIpc) is 2.76. The molecule has 3 nitrogen and oxygen atoms in total. The van der Waals surface area contributed by atoms with E-state index in [1.54, 1.807) is 6.07 Å². The van der Waals surface area contributed by atoms with Gasteiger partial charge in [0.25, 0.3) is 0 Å². The van der Waals surface area contributed by atoms with E-state index in [-0.39, 0.29) is 12.2 Å². The molecule has 0 fully saturated rings. The van der Waals surface area contributed by atoms with Crippen LogP contribution in [0, 0.1) is 6.92 Å². The fraction of sp³-hybridized carbons (Fsp3) is 0.250. The summed E-state index contributed by atoms with van der Waals surface area (Å²) in [7, 11) is 0. The molecule has 0 bridgehead atoms. The summed E-state index contributed by atoms with van der Waals surface area (Å²) in [6.07, 6.45) is -1.51. The Morgan fingerprint density at radius 1 is 1.33 bits per heavy atom. The second kappa shape index (κ2) is 4.45. The Balaban J connectivity index is 2.47. The van der Waals surface area contributed by atoms with Crippen molar-refractivity contribution >= 4 is 0 Å². The molecule has 0 saturated carbocycles. The highest BCUT2D eigenvalue weighted by Gasteiger charge is 2.32. The van der Waals surface area contributed by atoms with E-state index in [0.717, 1.165) is 6.07 Å². The van der Waals surface area contributed by atoms with Gasteiger partial charge in [-0.1, -0.05) is 6.07 Å². The van der Waals surface area contributed by atoms with E-state index >= 15 is 0 Å². The van der Waals surface area contributed by atoms with Crippen LogP contribution in [0.5, 0.6) is 0 Å². The Labute approximate surface area is 102 Å². The van der Waals surface area contributed by atoms with E-state index in [0.29, 0.717) is 11.4 Å². The van der Waals surface area contributed by atoms with E-state index in [1.807, 2.05) is 0 Å². The topological polar surface area (TPSA) is 38.0 Å². The van der Waals surface area contributed by atoms with Crippen LogP contribution in [0.2, 0.25) is 0 Å². The predicted octanol–water partition coefficient (Wildman–Crippen LogP) is 2.69. The molecule has 1 aromatic heterocycles. The molecular formula is C12H11F3N2O. The lowest BCUT2D eigenvalue weighted by atomic mass is 10.1. The van der Waals surface area contributed by atoms with Gasteiger partial charge in [-0.05, 0) is 24.6 Å². The maximum Gasteiger partial charge on any atom is 0.416 e. The lowest BCUT2D eigenvalue weighted by Crippen LogP contribution is -2.08. The van der Waals surface area contributed by atoms with Crippen LogP contribution < -0.4 is 0 Å². The van der Waals surface area contributed by atoms with Crippen molar-refractivity contribution in [2.45, 2.75) is 19.7 Å². The smallest absolute Gasteiger partial charge is 0.390 e. The average molecular weight is 256 g/mol. The van der Waals surface area contributed by atoms with Gasteiger partial charge in [0.1, 0.15) is 0 Å². The number of aliphatic hydroxyl groups excluding tert-OH is 1. The summed E-state index contributed by atoms with van der Waals surface area (Å²) in [4.78, 5) is 3.86. The molecule has 1 aromatic carbocycles. The molecule has 0 atom stereocenters. The Kier molecular flexibility index (Phi) is 3.13. The molecule has 0 saturated heterocycles. The van der Waals surface area contributed by atoms with E-state index in [9.17, 15) is 13.2 Å². The first-order valence-electron chi connectivity index (χ1n) is 5.24. The summed E-state index contributed by atoms with van der Waals surface area (Å²) >= 11 is 0. The summed E-state index contributed by atoms with van der Waals surface area (Å²) in [5.74, 6) is 0. The number of aliphatic hydroxyl groups is 1. The SMILES string of the molecule is Cc1ccc(-n2cnc(CO)c2)cc1C(F)(F)F. The highest BCUT2D eigenvalue weighted by atomic mass is 19.4. The lowest BCUT2D eigenvalue weighted by Gasteiger charge is -2.12. The maximum atomic E-state index is 12.8. The van der Waals surface area contributed by atoms with Gasteiger partial charge in [0, 0.05) is 11.9 Å². The summed E-state index contributed by atoms with van der Waals surface area (Å²) < 4.78 is 39.7. The third-order valence-corrected chi connectivity index (χ3v) is 2.62. The summed E-state index contributed by atoms with van der Waals surface area (Å²) in [5, 5.41) is 8.87. The van der Waals surface area contributed by atoms with Crippen LogP contribution in [0.3, 0.4) is 0 Å². The van der Waals surface area contributed by atoms with Gasteiger partial charge in [-0.2, -0.15) is 13.2 Å². The monoisotopic (exact) mass is 256 g/mol.